The number of nitrogens with zero attached hydrogens (tertiary/aromatic N) is 5. The molecule has 2 unspecified atom stereocenters. The standard InChI is InChI=1S/C20H30N6O2/c1-20(24(2)3)7-8-25(13-20)19-15-12-22-14(11-17(21)27)10-16(15)26(23-19)18-6-4-5-9-28-18/h10,12,18H,4-9,11,13H2,1-3H3,(H2,21,27). The van der Waals surface area contributed by atoms with Gasteiger partial charge in [-0.2, -0.15) is 5.10 Å². The minimum Gasteiger partial charge on any atom is -0.369 e. The molecule has 2 saturated heterocycles. The fourth-order valence-corrected chi connectivity index (χ4v) is 4.19. The molecule has 2 aliphatic rings. The number of carbonyl (C=O) groups excluding carboxylic acids is 1. The predicted octanol–water partition coefficient (Wildman–Crippen LogP) is 1.69. The first-order chi connectivity index (χ1) is 13.4. The molecule has 28 heavy (non-hydrogen) atoms. The fraction of sp³-hybridized carbons (Fsp3) is 0.650. The van der Waals surface area contributed by atoms with E-state index in [0.717, 1.165) is 62.1 Å². The summed E-state index contributed by atoms with van der Waals surface area (Å²) in [5, 5.41) is 5.99. The molecule has 2 aliphatic heterocycles. The molecule has 8 nitrogen and oxygen atoms in total. The van der Waals surface area contributed by atoms with Crippen LogP contribution in [0.1, 0.15) is 44.5 Å². The van der Waals surface area contributed by atoms with Gasteiger partial charge < -0.3 is 20.3 Å². The Morgan fingerprint density at radius 3 is 2.89 bits per heavy atom. The average molecular weight is 387 g/mol. The highest BCUT2D eigenvalue weighted by molar-refractivity contribution is 5.91. The first kappa shape index (κ1) is 19.1. The number of pyridine rings is 1. The number of primary amides is 1. The van der Waals surface area contributed by atoms with E-state index in [1.165, 1.54) is 0 Å². The molecule has 0 bridgehead atoms. The molecule has 0 spiro atoms. The fourth-order valence-electron chi connectivity index (χ4n) is 4.19. The molecular weight excluding hydrogens is 356 g/mol. The lowest BCUT2D eigenvalue weighted by Gasteiger charge is -2.32. The molecule has 0 aliphatic carbocycles. The van der Waals surface area contributed by atoms with Crippen LogP contribution < -0.4 is 10.6 Å². The zero-order valence-corrected chi connectivity index (χ0v) is 17.0. The lowest BCUT2D eigenvalue weighted by Crippen LogP contribution is -2.43. The van der Waals surface area contributed by atoms with Gasteiger partial charge in [-0.25, -0.2) is 4.68 Å². The SMILES string of the molecule is CN(C)C1(C)CCN(c2nn(C3CCCCO3)c3cc(CC(N)=O)ncc23)C1. The second-order valence-corrected chi connectivity index (χ2v) is 8.49. The second kappa shape index (κ2) is 7.33. The quantitative estimate of drug-likeness (QED) is 0.841. The Bertz CT molecular complexity index is 873. The van der Waals surface area contributed by atoms with Crippen molar-refractivity contribution in [2.24, 2.45) is 5.73 Å². The number of ether oxygens (including phenoxy) is 1. The number of amides is 1. The van der Waals surface area contributed by atoms with Crippen LogP contribution in [0, 0.1) is 0 Å². The third kappa shape index (κ3) is 3.46. The summed E-state index contributed by atoms with van der Waals surface area (Å²) in [7, 11) is 4.27. The zero-order chi connectivity index (χ0) is 19.9. The Balaban J connectivity index is 1.75. The van der Waals surface area contributed by atoms with E-state index in [1.54, 1.807) is 0 Å². The molecule has 0 aromatic carbocycles. The van der Waals surface area contributed by atoms with Gasteiger partial charge in [-0.1, -0.05) is 0 Å². The molecule has 8 heteroatoms. The third-order valence-electron chi connectivity index (χ3n) is 6.24. The van der Waals surface area contributed by atoms with E-state index in [4.69, 9.17) is 15.6 Å². The van der Waals surface area contributed by atoms with E-state index in [1.807, 2.05) is 16.9 Å². The van der Waals surface area contributed by atoms with E-state index in [0.29, 0.717) is 5.69 Å². The molecular formula is C20H30N6O2. The summed E-state index contributed by atoms with van der Waals surface area (Å²) < 4.78 is 8.00. The molecule has 152 valence electrons. The second-order valence-electron chi connectivity index (χ2n) is 8.49. The zero-order valence-electron chi connectivity index (χ0n) is 17.0. The molecule has 2 aromatic heterocycles. The van der Waals surface area contributed by atoms with Gasteiger partial charge >= 0.3 is 0 Å². The Kier molecular flexibility index (Phi) is 5.01. The van der Waals surface area contributed by atoms with Crippen molar-refractivity contribution in [3.8, 4) is 0 Å². The summed E-state index contributed by atoms with van der Waals surface area (Å²) in [6.45, 7) is 4.92. The lowest BCUT2D eigenvalue weighted by molar-refractivity contribution is -0.117. The van der Waals surface area contributed by atoms with Gasteiger partial charge in [0.1, 0.15) is 0 Å². The van der Waals surface area contributed by atoms with Gasteiger partial charge in [0, 0.05) is 31.4 Å². The minimum absolute atomic E-state index is 0.0725. The Morgan fingerprint density at radius 1 is 1.43 bits per heavy atom. The van der Waals surface area contributed by atoms with Crippen molar-refractivity contribution in [3.05, 3.63) is 18.0 Å². The summed E-state index contributed by atoms with van der Waals surface area (Å²) in [4.78, 5) is 20.5. The van der Waals surface area contributed by atoms with Gasteiger partial charge in [0.05, 0.1) is 23.0 Å². The number of aromatic nitrogens is 3. The number of hydrogen-bond acceptors (Lipinski definition) is 6. The smallest absolute Gasteiger partial charge is 0.223 e. The van der Waals surface area contributed by atoms with Crippen LogP contribution >= 0.6 is 0 Å². The Labute approximate surface area is 165 Å². The van der Waals surface area contributed by atoms with Crippen LogP contribution in [0.25, 0.3) is 10.9 Å². The summed E-state index contributed by atoms with van der Waals surface area (Å²) in [5.74, 6) is 0.571. The maximum atomic E-state index is 11.4. The number of carbonyl (C=O) groups is 1. The van der Waals surface area contributed by atoms with E-state index in [2.05, 4.69) is 35.8 Å². The van der Waals surface area contributed by atoms with Gasteiger partial charge in [0.25, 0.3) is 0 Å². The Morgan fingerprint density at radius 2 is 2.25 bits per heavy atom. The summed E-state index contributed by atoms with van der Waals surface area (Å²) >= 11 is 0. The van der Waals surface area contributed by atoms with Crippen molar-refractivity contribution in [1.82, 2.24) is 19.7 Å². The van der Waals surface area contributed by atoms with Crippen LogP contribution in [0.15, 0.2) is 12.3 Å². The number of likely N-dealkylation sites (N-methyl/N-ethyl adjacent to an activating group) is 1. The number of anilines is 1. The summed E-state index contributed by atoms with van der Waals surface area (Å²) in [6.07, 6.45) is 6.13. The van der Waals surface area contributed by atoms with Crippen molar-refractivity contribution >= 4 is 22.6 Å². The molecule has 0 radical (unpaired) electrons. The monoisotopic (exact) mass is 386 g/mol. The van der Waals surface area contributed by atoms with Crippen LogP contribution in [-0.4, -0.2) is 64.9 Å². The minimum atomic E-state index is -0.381. The van der Waals surface area contributed by atoms with Gasteiger partial charge in [-0.05, 0) is 52.8 Å². The van der Waals surface area contributed by atoms with Crippen LogP contribution in [0.5, 0.6) is 0 Å². The van der Waals surface area contributed by atoms with Crippen molar-refractivity contribution in [2.45, 2.75) is 50.8 Å². The van der Waals surface area contributed by atoms with Crippen LogP contribution in [0.2, 0.25) is 0 Å². The lowest BCUT2D eigenvalue weighted by atomic mass is 10.0. The Hall–Kier alpha value is -2.19. The van der Waals surface area contributed by atoms with Crippen LogP contribution in [0.3, 0.4) is 0 Å². The summed E-state index contributed by atoms with van der Waals surface area (Å²) in [6, 6.07) is 1.94. The molecule has 4 heterocycles. The van der Waals surface area contributed by atoms with Gasteiger partial charge in [0.15, 0.2) is 12.0 Å². The topological polar surface area (TPSA) is 89.5 Å². The largest absolute Gasteiger partial charge is 0.369 e. The van der Waals surface area contributed by atoms with Crippen molar-refractivity contribution < 1.29 is 9.53 Å². The van der Waals surface area contributed by atoms with Crippen molar-refractivity contribution in [1.29, 1.82) is 0 Å². The average Bonchev–Trinajstić information content (AvgIpc) is 3.23. The first-order valence-corrected chi connectivity index (χ1v) is 10.1. The van der Waals surface area contributed by atoms with Crippen molar-refractivity contribution in [2.75, 3.05) is 38.7 Å². The van der Waals surface area contributed by atoms with E-state index >= 15 is 0 Å². The molecule has 2 N–H and O–H groups in total. The van der Waals surface area contributed by atoms with Crippen LogP contribution in [-0.2, 0) is 16.0 Å². The highest BCUT2D eigenvalue weighted by Gasteiger charge is 2.37. The normalized spacial score (nSPS) is 25.7. The van der Waals surface area contributed by atoms with E-state index in [-0.39, 0.29) is 24.1 Å². The number of hydrogen-bond donors (Lipinski definition) is 1. The maximum Gasteiger partial charge on any atom is 0.223 e. The van der Waals surface area contributed by atoms with Gasteiger partial charge in [0.2, 0.25) is 5.91 Å². The highest BCUT2D eigenvalue weighted by atomic mass is 16.5. The highest BCUT2D eigenvalue weighted by Crippen LogP contribution is 2.36. The number of rotatable bonds is 5. The van der Waals surface area contributed by atoms with Crippen LogP contribution in [0.4, 0.5) is 5.82 Å². The first-order valence-electron chi connectivity index (χ1n) is 10.1. The predicted molar refractivity (Wildman–Crippen MR) is 108 cm³/mol. The summed E-state index contributed by atoms with van der Waals surface area (Å²) in [5.41, 5.74) is 7.13. The number of nitrogens with two attached hydrogens (primary N) is 1. The molecule has 1 amide bonds. The van der Waals surface area contributed by atoms with E-state index in [9.17, 15) is 4.79 Å². The van der Waals surface area contributed by atoms with Gasteiger partial charge in [-0.15, -0.1) is 0 Å². The van der Waals surface area contributed by atoms with Gasteiger partial charge in [-0.3, -0.25) is 9.78 Å². The molecule has 2 atom stereocenters. The van der Waals surface area contributed by atoms with Crippen molar-refractivity contribution in [3.63, 3.8) is 0 Å². The molecule has 0 saturated carbocycles. The third-order valence-corrected chi connectivity index (χ3v) is 6.24. The molecule has 2 aromatic rings. The molecule has 2 fully saturated rings. The molecule has 4 rings (SSSR count). The number of fused-ring (bicyclic) bond motifs is 1. The maximum absolute atomic E-state index is 11.4. The van der Waals surface area contributed by atoms with E-state index < -0.39 is 0 Å².